The topological polar surface area (TPSA) is 25.8 Å². The van der Waals surface area contributed by atoms with E-state index in [1.807, 2.05) is 25.3 Å². The first-order valence-corrected chi connectivity index (χ1v) is 5.47. The highest BCUT2D eigenvalue weighted by Crippen LogP contribution is 2.26. The van der Waals surface area contributed by atoms with Gasteiger partial charge in [0.05, 0.1) is 10.2 Å². The lowest BCUT2D eigenvalue weighted by Gasteiger charge is -1.91. The van der Waals surface area contributed by atoms with E-state index in [1.165, 1.54) is 11.3 Å². The highest BCUT2D eigenvalue weighted by molar-refractivity contribution is 7.17. The van der Waals surface area contributed by atoms with Crippen molar-refractivity contribution < 1.29 is 0 Å². The molecular formula is C8H8Cl2N2S. The molecule has 0 spiro atoms. The molecule has 13 heavy (non-hydrogen) atoms. The number of hydrogen-bond donors (Lipinski definition) is 0. The van der Waals surface area contributed by atoms with Crippen molar-refractivity contribution in [2.75, 3.05) is 0 Å². The number of hydrogen-bond acceptors (Lipinski definition) is 3. The molecule has 70 valence electrons. The van der Waals surface area contributed by atoms with E-state index < -0.39 is 0 Å². The Labute approximate surface area is 90.5 Å². The molecule has 0 N–H and O–H groups in total. The minimum Gasteiger partial charge on any atom is -0.217 e. The van der Waals surface area contributed by atoms with E-state index in [0.29, 0.717) is 5.15 Å². The van der Waals surface area contributed by atoms with Gasteiger partial charge in [-0.2, -0.15) is 0 Å². The molecule has 5 heteroatoms. The Morgan fingerprint density at radius 3 is 2.62 bits per heavy atom. The van der Waals surface area contributed by atoms with Crippen molar-refractivity contribution in [1.29, 1.82) is 0 Å². The number of aromatic nitrogens is 2. The van der Waals surface area contributed by atoms with Gasteiger partial charge in [-0.25, -0.2) is 9.97 Å². The van der Waals surface area contributed by atoms with Crippen LogP contribution in [0.3, 0.4) is 0 Å². The Bertz CT molecular complexity index is 400. The molecule has 0 saturated carbocycles. The fourth-order valence-corrected chi connectivity index (χ4v) is 2.04. The third-order valence-electron chi connectivity index (χ3n) is 1.23. The zero-order chi connectivity index (χ0) is 9.84. The molecule has 2 aromatic heterocycles. The Morgan fingerprint density at radius 2 is 1.92 bits per heavy atom. The van der Waals surface area contributed by atoms with Crippen LogP contribution in [-0.4, -0.2) is 9.97 Å². The Morgan fingerprint density at radius 1 is 1.23 bits per heavy atom. The van der Waals surface area contributed by atoms with Gasteiger partial charge in [-0.05, 0) is 23.0 Å². The van der Waals surface area contributed by atoms with Crippen LogP contribution in [0.5, 0.6) is 0 Å². The first-order valence-electron chi connectivity index (χ1n) is 3.83. The van der Waals surface area contributed by atoms with Crippen LogP contribution in [0, 0.1) is 0 Å². The van der Waals surface area contributed by atoms with Crippen molar-refractivity contribution in [3.8, 4) is 0 Å². The lowest BCUT2D eigenvalue weighted by molar-refractivity contribution is 1.23. The summed E-state index contributed by atoms with van der Waals surface area (Å²) < 4.78 is 0.885. The lowest BCUT2D eigenvalue weighted by Crippen LogP contribution is -1.81. The fourth-order valence-electron chi connectivity index (χ4n) is 0.801. The second-order valence-electron chi connectivity index (χ2n) is 1.92. The summed E-state index contributed by atoms with van der Waals surface area (Å²) >= 11 is 12.9. The molecule has 0 aliphatic rings. The highest BCUT2D eigenvalue weighted by atomic mass is 35.5. The van der Waals surface area contributed by atoms with Crippen LogP contribution in [0.15, 0.2) is 11.4 Å². The number of fused-ring (bicyclic) bond motifs is 1. The van der Waals surface area contributed by atoms with Crippen LogP contribution in [-0.2, 0) is 0 Å². The predicted molar refractivity (Wildman–Crippen MR) is 58.8 cm³/mol. The van der Waals surface area contributed by atoms with Crippen molar-refractivity contribution >= 4 is 44.8 Å². The van der Waals surface area contributed by atoms with Gasteiger partial charge in [0, 0.05) is 0 Å². The maximum atomic E-state index is 5.78. The number of rotatable bonds is 0. The molecule has 2 aromatic rings. The standard InChI is InChI=1S/C6H2Cl2N2S.C2H6/c7-5-4-3(1-2-11-4)9-6(8)10-5;1-2/h1-2H;1-2H3. The monoisotopic (exact) mass is 234 g/mol. The van der Waals surface area contributed by atoms with E-state index in [0.717, 1.165) is 10.2 Å². The predicted octanol–water partition coefficient (Wildman–Crippen LogP) is 4.02. The number of thiophene rings is 1. The molecular weight excluding hydrogens is 227 g/mol. The van der Waals surface area contributed by atoms with Crippen molar-refractivity contribution in [3.05, 3.63) is 21.9 Å². The number of halogens is 2. The van der Waals surface area contributed by atoms with Gasteiger partial charge in [-0.15, -0.1) is 11.3 Å². The Hall–Kier alpha value is -0.380. The van der Waals surface area contributed by atoms with Crippen LogP contribution in [0.4, 0.5) is 0 Å². The third kappa shape index (κ3) is 2.30. The van der Waals surface area contributed by atoms with E-state index in [-0.39, 0.29) is 5.28 Å². The molecule has 0 bridgehead atoms. The van der Waals surface area contributed by atoms with E-state index in [2.05, 4.69) is 9.97 Å². The molecule has 0 saturated heterocycles. The summed E-state index contributed by atoms with van der Waals surface area (Å²) in [5, 5.41) is 2.53. The first kappa shape index (κ1) is 10.7. The van der Waals surface area contributed by atoms with Gasteiger partial charge in [0.15, 0.2) is 5.15 Å². The van der Waals surface area contributed by atoms with Crippen LogP contribution in [0.25, 0.3) is 10.2 Å². The molecule has 2 heterocycles. The van der Waals surface area contributed by atoms with Gasteiger partial charge in [0.2, 0.25) is 5.28 Å². The maximum Gasteiger partial charge on any atom is 0.224 e. The highest BCUT2D eigenvalue weighted by Gasteiger charge is 2.04. The van der Waals surface area contributed by atoms with E-state index in [1.54, 1.807) is 0 Å². The van der Waals surface area contributed by atoms with E-state index >= 15 is 0 Å². The summed E-state index contributed by atoms with van der Waals surface area (Å²) in [6, 6.07) is 1.86. The molecule has 0 aliphatic carbocycles. The summed E-state index contributed by atoms with van der Waals surface area (Å²) in [7, 11) is 0. The third-order valence-corrected chi connectivity index (χ3v) is 2.70. The first-order chi connectivity index (χ1) is 6.27. The number of nitrogens with zero attached hydrogens (tertiary/aromatic N) is 2. The van der Waals surface area contributed by atoms with Crippen molar-refractivity contribution in [1.82, 2.24) is 9.97 Å². The van der Waals surface area contributed by atoms with Gasteiger partial charge in [-0.1, -0.05) is 25.4 Å². The lowest BCUT2D eigenvalue weighted by atomic mass is 10.5. The minimum atomic E-state index is 0.195. The smallest absolute Gasteiger partial charge is 0.217 e. The summed E-state index contributed by atoms with van der Waals surface area (Å²) in [5.74, 6) is 0. The van der Waals surface area contributed by atoms with Gasteiger partial charge in [-0.3, -0.25) is 0 Å². The molecule has 0 amide bonds. The molecule has 2 nitrogen and oxygen atoms in total. The van der Waals surface area contributed by atoms with Gasteiger partial charge in [0.1, 0.15) is 0 Å². The summed E-state index contributed by atoms with van der Waals surface area (Å²) in [5.41, 5.74) is 0.806. The van der Waals surface area contributed by atoms with Crippen LogP contribution in [0.2, 0.25) is 10.4 Å². The second-order valence-corrected chi connectivity index (χ2v) is 3.53. The second kappa shape index (κ2) is 4.74. The van der Waals surface area contributed by atoms with Crippen molar-refractivity contribution in [2.45, 2.75) is 13.8 Å². The molecule has 0 aliphatic heterocycles. The van der Waals surface area contributed by atoms with E-state index in [9.17, 15) is 0 Å². The minimum absolute atomic E-state index is 0.195. The van der Waals surface area contributed by atoms with Crippen molar-refractivity contribution in [3.63, 3.8) is 0 Å². The Balaban J connectivity index is 0.000000396. The van der Waals surface area contributed by atoms with Gasteiger partial charge < -0.3 is 0 Å². The molecule has 0 unspecified atom stereocenters. The SMILES string of the molecule is CC.Clc1nc(Cl)c2sccc2n1. The largest absolute Gasteiger partial charge is 0.224 e. The Kier molecular flexibility index (Phi) is 3.90. The van der Waals surface area contributed by atoms with Crippen LogP contribution in [0.1, 0.15) is 13.8 Å². The maximum absolute atomic E-state index is 5.78. The van der Waals surface area contributed by atoms with Gasteiger partial charge in [0.25, 0.3) is 0 Å². The molecule has 2 rings (SSSR count). The molecule has 0 aromatic carbocycles. The average Bonchev–Trinajstić information content (AvgIpc) is 2.55. The summed E-state index contributed by atoms with van der Waals surface area (Å²) in [4.78, 5) is 7.78. The van der Waals surface area contributed by atoms with Crippen LogP contribution < -0.4 is 0 Å². The zero-order valence-electron chi connectivity index (χ0n) is 7.21. The van der Waals surface area contributed by atoms with Crippen molar-refractivity contribution in [2.24, 2.45) is 0 Å². The molecule has 0 fully saturated rings. The van der Waals surface area contributed by atoms with E-state index in [4.69, 9.17) is 23.2 Å². The van der Waals surface area contributed by atoms with Crippen LogP contribution >= 0.6 is 34.5 Å². The molecule has 0 atom stereocenters. The molecule has 0 radical (unpaired) electrons. The zero-order valence-corrected chi connectivity index (χ0v) is 9.54. The summed E-state index contributed by atoms with van der Waals surface area (Å²) in [6.07, 6.45) is 0. The van der Waals surface area contributed by atoms with Gasteiger partial charge >= 0.3 is 0 Å². The quantitative estimate of drug-likeness (QED) is 0.509. The normalized spacial score (nSPS) is 9.54. The average molecular weight is 235 g/mol. The fraction of sp³-hybridized carbons (Fsp3) is 0.250. The summed E-state index contributed by atoms with van der Waals surface area (Å²) in [6.45, 7) is 4.00.